The van der Waals surface area contributed by atoms with Gasteiger partial charge in [0, 0.05) is 26.5 Å². The highest BCUT2D eigenvalue weighted by Gasteiger charge is 2.28. The third kappa shape index (κ3) is 5.81. The molecule has 2 aromatic rings. The summed E-state index contributed by atoms with van der Waals surface area (Å²) < 4.78 is 16.2. The van der Waals surface area contributed by atoms with Crippen molar-refractivity contribution in [2.75, 3.05) is 0 Å². The molecule has 24 heavy (non-hydrogen) atoms. The summed E-state index contributed by atoms with van der Waals surface area (Å²) in [5.74, 6) is 0.953. The standard InChI is InChI=1S/C19H24BrNOS2/c1-14(21-24(22)19(2,3)4)17-11-10-16(12-18(17)20)23-13-15-8-6-5-7-9-15/h5-12,14,21H,13H2,1-4H3/t14-,24?/m0/s1. The molecule has 5 heteroatoms. The molecule has 2 atom stereocenters. The molecule has 0 spiro atoms. The van der Waals surface area contributed by atoms with Gasteiger partial charge in [0.15, 0.2) is 0 Å². The Morgan fingerprint density at radius 3 is 2.42 bits per heavy atom. The van der Waals surface area contributed by atoms with Crippen molar-refractivity contribution in [3.05, 3.63) is 64.1 Å². The molecular weight excluding hydrogens is 402 g/mol. The fraction of sp³-hybridized carbons (Fsp3) is 0.368. The molecule has 0 radical (unpaired) electrons. The van der Waals surface area contributed by atoms with Gasteiger partial charge in [-0.15, -0.1) is 16.5 Å². The van der Waals surface area contributed by atoms with Gasteiger partial charge in [-0.05, 0) is 51.0 Å². The highest BCUT2D eigenvalue weighted by molar-refractivity contribution is 9.10. The fourth-order valence-electron chi connectivity index (χ4n) is 2.09. The van der Waals surface area contributed by atoms with Crippen LogP contribution in [0.5, 0.6) is 0 Å². The minimum atomic E-state index is -1.09. The number of hydrogen-bond donors (Lipinski definition) is 1. The minimum Gasteiger partial charge on any atom is -0.598 e. The van der Waals surface area contributed by atoms with Crippen molar-refractivity contribution in [2.45, 2.75) is 49.1 Å². The number of rotatable bonds is 6. The first-order valence-electron chi connectivity index (χ1n) is 7.91. The van der Waals surface area contributed by atoms with Crippen LogP contribution in [0.15, 0.2) is 57.9 Å². The third-order valence-corrected chi connectivity index (χ3v) is 6.96. The molecule has 0 aliphatic heterocycles. The molecule has 0 heterocycles. The summed E-state index contributed by atoms with van der Waals surface area (Å²) in [5, 5.41) is 0. The molecule has 0 aromatic heterocycles. The molecule has 0 saturated heterocycles. The van der Waals surface area contributed by atoms with E-state index in [0.717, 1.165) is 15.8 Å². The van der Waals surface area contributed by atoms with E-state index < -0.39 is 11.4 Å². The Bertz CT molecular complexity index is 658. The molecule has 0 aliphatic carbocycles. The molecule has 0 bridgehead atoms. The van der Waals surface area contributed by atoms with Crippen molar-refractivity contribution in [3.8, 4) is 0 Å². The Morgan fingerprint density at radius 2 is 1.83 bits per heavy atom. The van der Waals surface area contributed by atoms with Gasteiger partial charge in [-0.3, -0.25) is 0 Å². The molecular formula is C19H24BrNOS2. The van der Waals surface area contributed by atoms with Gasteiger partial charge in [-0.1, -0.05) is 52.3 Å². The van der Waals surface area contributed by atoms with E-state index in [1.807, 2.05) is 45.5 Å². The summed E-state index contributed by atoms with van der Waals surface area (Å²) in [5.41, 5.74) is 2.44. The number of hydrogen-bond acceptors (Lipinski definition) is 3. The lowest BCUT2D eigenvalue weighted by atomic mass is 10.1. The van der Waals surface area contributed by atoms with Crippen LogP contribution in [-0.2, 0) is 17.1 Å². The van der Waals surface area contributed by atoms with Crippen molar-refractivity contribution >= 4 is 39.1 Å². The van der Waals surface area contributed by atoms with Gasteiger partial charge in [0.1, 0.15) is 4.75 Å². The van der Waals surface area contributed by atoms with Crippen LogP contribution < -0.4 is 4.72 Å². The predicted octanol–water partition coefficient (Wildman–Crippen LogP) is 5.85. The van der Waals surface area contributed by atoms with Crippen LogP contribution in [0.4, 0.5) is 0 Å². The first-order valence-corrected chi connectivity index (χ1v) is 10.8. The molecule has 2 aromatic carbocycles. The van der Waals surface area contributed by atoms with Crippen LogP contribution in [-0.4, -0.2) is 9.30 Å². The van der Waals surface area contributed by atoms with E-state index in [1.165, 1.54) is 10.5 Å². The lowest BCUT2D eigenvalue weighted by Gasteiger charge is -2.27. The molecule has 130 valence electrons. The molecule has 2 rings (SSSR count). The summed E-state index contributed by atoms with van der Waals surface area (Å²) in [6.07, 6.45) is 0. The molecule has 0 amide bonds. The zero-order chi connectivity index (χ0) is 17.7. The van der Waals surface area contributed by atoms with Gasteiger partial charge in [0.25, 0.3) is 0 Å². The topological polar surface area (TPSA) is 35.1 Å². The van der Waals surface area contributed by atoms with E-state index in [4.69, 9.17) is 0 Å². The van der Waals surface area contributed by atoms with E-state index in [-0.39, 0.29) is 10.8 Å². The zero-order valence-corrected chi connectivity index (χ0v) is 17.7. The van der Waals surface area contributed by atoms with Crippen LogP contribution in [0.2, 0.25) is 0 Å². The highest BCUT2D eigenvalue weighted by Crippen LogP contribution is 2.31. The number of halogens is 1. The summed E-state index contributed by atoms with van der Waals surface area (Å²) in [7, 11) is 0. The van der Waals surface area contributed by atoms with E-state index in [9.17, 15) is 4.55 Å². The largest absolute Gasteiger partial charge is 0.598 e. The highest BCUT2D eigenvalue weighted by atomic mass is 79.9. The normalized spacial score (nSPS) is 14.4. The predicted molar refractivity (Wildman–Crippen MR) is 110 cm³/mol. The second kappa shape index (κ2) is 8.77. The second-order valence-corrected chi connectivity index (χ2v) is 10.6. The molecule has 1 N–H and O–H groups in total. The Balaban J connectivity index is 2.01. The van der Waals surface area contributed by atoms with Gasteiger partial charge in [-0.2, -0.15) is 0 Å². The average molecular weight is 426 g/mol. The first kappa shape index (κ1) is 19.9. The van der Waals surface area contributed by atoms with E-state index in [2.05, 4.69) is 63.1 Å². The van der Waals surface area contributed by atoms with Crippen LogP contribution in [0, 0.1) is 0 Å². The first-order chi connectivity index (χ1) is 11.3. The quantitative estimate of drug-likeness (QED) is 0.465. The smallest absolute Gasteiger partial charge is 0.136 e. The van der Waals surface area contributed by atoms with Crippen molar-refractivity contribution in [1.82, 2.24) is 4.72 Å². The van der Waals surface area contributed by atoms with Crippen molar-refractivity contribution in [3.63, 3.8) is 0 Å². The van der Waals surface area contributed by atoms with Gasteiger partial charge in [0.05, 0.1) is 6.04 Å². The Morgan fingerprint density at radius 1 is 1.17 bits per heavy atom. The maximum Gasteiger partial charge on any atom is 0.136 e. The van der Waals surface area contributed by atoms with E-state index >= 15 is 0 Å². The van der Waals surface area contributed by atoms with Crippen LogP contribution >= 0.6 is 27.7 Å². The lowest BCUT2D eigenvalue weighted by Crippen LogP contribution is -2.40. The maximum absolute atomic E-state index is 12.3. The van der Waals surface area contributed by atoms with Crippen molar-refractivity contribution < 1.29 is 4.55 Å². The summed E-state index contributed by atoms with van der Waals surface area (Å²) in [6.45, 7) is 7.96. The average Bonchev–Trinajstić information content (AvgIpc) is 2.53. The van der Waals surface area contributed by atoms with Gasteiger partial charge in [0.2, 0.25) is 0 Å². The summed E-state index contributed by atoms with van der Waals surface area (Å²) in [4.78, 5) is 1.22. The van der Waals surface area contributed by atoms with E-state index in [1.54, 1.807) is 0 Å². The number of thioether (sulfide) groups is 1. The number of benzene rings is 2. The maximum atomic E-state index is 12.3. The summed E-state index contributed by atoms with van der Waals surface area (Å²) in [6, 6.07) is 16.9. The van der Waals surface area contributed by atoms with Crippen molar-refractivity contribution in [2.24, 2.45) is 0 Å². The Hall–Kier alpha value is -0.460. The van der Waals surface area contributed by atoms with Crippen LogP contribution in [0.1, 0.15) is 44.9 Å². The van der Waals surface area contributed by atoms with Crippen molar-refractivity contribution in [1.29, 1.82) is 0 Å². The van der Waals surface area contributed by atoms with Gasteiger partial charge < -0.3 is 4.55 Å². The second-order valence-electron chi connectivity index (χ2n) is 6.68. The van der Waals surface area contributed by atoms with Crippen LogP contribution in [0.25, 0.3) is 0 Å². The third-order valence-electron chi connectivity index (χ3n) is 3.53. The van der Waals surface area contributed by atoms with Gasteiger partial charge in [-0.25, -0.2) is 0 Å². The summed E-state index contributed by atoms with van der Waals surface area (Å²) >= 11 is 4.39. The molecule has 1 unspecified atom stereocenters. The molecule has 2 nitrogen and oxygen atoms in total. The van der Waals surface area contributed by atoms with Crippen LogP contribution in [0.3, 0.4) is 0 Å². The molecule has 0 aliphatic rings. The molecule has 0 saturated carbocycles. The zero-order valence-electron chi connectivity index (χ0n) is 14.5. The molecule has 0 fully saturated rings. The minimum absolute atomic E-state index is 0.0209. The van der Waals surface area contributed by atoms with Gasteiger partial charge >= 0.3 is 0 Å². The number of nitrogens with one attached hydrogen (secondary N) is 1. The Kier molecular flexibility index (Phi) is 7.25. The monoisotopic (exact) mass is 425 g/mol. The fourth-order valence-corrected chi connectivity index (χ4v) is 4.66. The Labute approximate surface area is 161 Å². The lowest BCUT2D eigenvalue weighted by molar-refractivity contribution is 0.531. The SMILES string of the molecule is C[C@H](N[S+]([O-])C(C)(C)C)c1ccc(SCc2ccccc2)cc1Br. The van der Waals surface area contributed by atoms with E-state index in [0.29, 0.717) is 0 Å².